The molecule has 0 radical (unpaired) electrons. The minimum absolute atomic E-state index is 0.0300. The molecule has 0 saturated heterocycles. The van der Waals surface area contributed by atoms with E-state index in [2.05, 4.69) is 55.6 Å². The third-order valence-corrected chi connectivity index (χ3v) is 8.02. The molecule has 2 heterocycles. The fourth-order valence-electron chi connectivity index (χ4n) is 4.98. The van der Waals surface area contributed by atoms with E-state index in [-0.39, 0.29) is 11.8 Å². The van der Waals surface area contributed by atoms with Gasteiger partial charge in [0.25, 0.3) is 0 Å². The summed E-state index contributed by atoms with van der Waals surface area (Å²) in [5.41, 5.74) is 7.25. The van der Waals surface area contributed by atoms with E-state index in [1.54, 1.807) is 4.52 Å². The van der Waals surface area contributed by atoms with E-state index >= 15 is 0 Å². The Hall–Kier alpha value is -4.28. The van der Waals surface area contributed by atoms with Gasteiger partial charge in [0.05, 0.1) is 16.6 Å². The number of carbonyl (C=O) groups is 2. The van der Waals surface area contributed by atoms with Crippen LogP contribution in [0.3, 0.4) is 0 Å². The van der Waals surface area contributed by atoms with Gasteiger partial charge in [-0.3, -0.25) is 9.59 Å². The highest BCUT2D eigenvalue weighted by Crippen LogP contribution is 2.42. The quantitative estimate of drug-likeness (QED) is 0.126. The second kappa shape index (κ2) is 15.1. The fourth-order valence-corrected chi connectivity index (χ4v) is 5.66. The topological polar surface area (TPSA) is 112 Å². The average molecular weight is 645 g/mol. The van der Waals surface area contributed by atoms with Crippen molar-refractivity contribution >= 4 is 40.7 Å². The van der Waals surface area contributed by atoms with Crippen LogP contribution in [-0.2, 0) is 22.7 Å². The summed E-state index contributed by atoms with van der Waals surface area (Å²) in [6.45, 7) is 6.66. The molecule has 5 aromatic rings. The van der Waals surface area contributed by atoms with Crippen molar-refractivity contribution < 1.29 is 9.59 Å². The van der Waals surface area contributed by atoms with Gasteiger partial charge < -0.3 is 21.3 Å². The first-order valence-corrected chi connectivity index (χ1v) is 15.5. The number of amides is 2. The number of hydrogen-bond acceptors (Lipinski definition) is 6. The molecular formula is C34H35Cl2N7O2. The summed E-state index contributed by atoms with van der Waals surface area (Å²) in [5, 5.41) is 17.9. The SMILES string of the molecule is CC(=O)NCCNCc1ccc(-c2cccc(-c3cccc(-c4ccn5nc(CNCCNC(C)=O)nc5c4)c3Cl)c2Cl)cc1. The van der Waals surface area contributed by atoms with Crippen molar-refractivity contribution in [2.24, 2.45) is 0 Å². The van der Waals surface area contributed by atoms with Gasteiger partial charge in [-0.25, -0.2) is 9.50 Å². The van der Waals surface area contributed by atoms with Crippen molar-refractivity contribution in [2.45, 2.75) is 26.9 Å². The van der Waals surface area contributed by atoms with Crippen LogP contribution in [0.2, 0.25) is 10.0 Å². The van der Waals surface area contributed by atoms with Crippen molar-refractivity contribution in [3.8, 4) is 33.4 Å². The van der Waals surface area contributed by atoms with E-state index in [0.717, 1.165) is 38.9 Å². The van der Waals surface area contributed by atoms with Gasteiger partial charge in [0.2, 0.25) is 11.8 Å². The lowest BCUT2D eigenvalue weighted by atomic mass is 9.95. The molecule has 232 valence electrons. The van der Waals surface area contributed by atoms with Gasteiger partial charge in [-0.05, 0) is 28.8 Å². The zero-order valence-corrected chi connectivity index (χ0v) is 26.7. The predicted octanol–water partition coefficient (Wildman–Crippen LogP) is 5.49. The van der Waals surface area contributed by atoms with Gasteiger partial charge in [0.15, 0.2) is 11.5 Å². The summed E-state index contributed by atoms with van der Waals surface area (Å²) in [6, 6.07) is 24.1. The van der Waals surface area contributed by atoms with E-state index in [9.17, 15) is 9.59 Å². The molecule has 0 aliphatic rings. The summed E-state index contributed by atoms with van der Waals surface area (Å²) >= 11 is 14.1. The van der Waals surface area contributed by atoms with Crippen LogP contribution in [0.5, 0.6) is 0 Å². The molecule has 0 atom stereocenters. The minimum atomic E-state index is -0.0555. The highest BCUT2D eigenvalue weighted by atomic mass is 35.5. The molecule has 0 spiro atoms. The van der Waals surface area contributed by atoms with Crippen LogP contribution in [0, 0.1) is 0 Å². The molecule has 45 heavy (non-hydrogen) atoms. The number of rotatable bonds is 13. The van der Waals surface area contributed by atoms with E-state index in [1.807, 2.05) is 54.7 Å². The normalized spacial score (nSPS) is 11.1. The maximum absolute atomic E-state index is 11.0. The predicted molar refractivity (Wildman–Crippen MR) is 180 cm³/mol. The lowest BCUT2D eigenvalue weighted by Crippen LogP contribution is -2.30. The number of carbonyl (C=O) groups excluding carboxylic acids is 2. The van der Waals surface area contributed by atoms with Crippen LogP contribution in [-0.4, -0.2) is 52.6 Å². The Morgan fingerprint density at radius 1 is 0.689 bits per heavy atom. The smallest absolute Gasteiger partial charge is 0.216 e. The third-order valence-electron chi connectivity index (χ3n) is 7.21. The maximum Gasteiger partial charge on any atom is 0.216 e. The molecule has 0 bridgehead atoms. The Labute approximate surface area is 272 Å². The van der Waals surface area contributed by atoms with Gasteiger partial charge in [-0.2, -0.15) is 0 Å². The monoisotopic (exact) mass is 643 g/mol. The number of hydrogen-bond donors (Lipinski definition) is 4. The Morgan fingerprint density at radius 3 is 1.84 bits per heavy atom. The van der Waals surface area contributed by atoms with E-state index < -0.39 is 0 Å². The molecule has 2 amide bonds. The first kappa shape index (κ1) is 32.1. The Balaban J connectivity index is 1.32. The van der Waals surface area contributed by atoms with Crippen molar-refractivity contribution in [1.82, 2.24) is 35.9 Å². The fraction of sp³-hybridized carbons (Fsp3) is 0.235. The Kier molecular flexibility index (Phi) is 10.8. The van der Waals surface area contributed by atoms with Crippen LogP contribution in [0.25, 0.3) is 39.0 Å². The van der Waals surface area contributed by atoms with Crippen molar-refractivity contribution in [2.75, 3.05) is 26.2 Å². The van der Waals surface area contributed by atoms with Crippen LogP contribution < -0.4 is 21.3 Å². The molecule has 0 saturated carbocycles. The second-order valence-electron chi connectivity index (χ2n) is 10.6. The number of pyridine rings is 1. The summed E-state index contributed by atoms with van der Waals surface area (Å²) in [4.78, 5) is 26.7. The number of nitrogens with zero attached hydrogens (tertiary/aromatic N) is 3. The molecule has 4 N–H and O–H groups in total. The van der Waals surface area contributed by atoms with E-state index in [4.69, 9.17) is 23.2 Å². The largest absolute Gasteiger partial charge is 0.355 e. The van der Waals surface area contributed by atoms with Gasteiger partial charge in [-0.15, -0.1) is 5.10 Å². The van der Waals surface area contributed by atoms with Gasteiger partial charge in [-0.1, -0.05) is 83.9 Å². The van der Waals surface area contributed by atoms with E-state index in [1.165, 1.54) is 13.8 Å². The number of aromatic nitrogens is 3. The zero-order chi connectivity index (χ0) is 31.8. The number of benzene rings is 3. The van der Waals surface area contributed by atoms with Crippen molar-refractivity contribution in [3.63, 3.8) is 0 Å². The number of halogens is 2. The summed E-state index contributed by atoms with van der Waals surface area (Å²) in [6.07, 6.45) is 1.87. The summed E-state index contributed by atoms with van der Waals surface area (Å²) in [5.74, 6) is 0.572. The van der Waals surface area contributed by atoms with Gasteiger partial charge in [0.1, 0.15) is 0 Å². The summed E-state index contributed by atoms with van der Waals surface area (Å²) < 4.78 is 1.74. The zero-order valence-electron chi connectivity index (χ0n) is 25.2. The molecule has 9 nitrogen and oxygen atoms in total. The summed E-state index contributed by atoms with van der Waals surface area (Å²) in [7, 11) is 0. The highest BCUT2D eigenvalue weighted by Gasteiger charge is 2.16. The standard InChI is InChI=1S/C34H35Cl2N7O2/c1-22(44)39-16-14-37-20-24-9-11-25(12-10-24)27-5-3-7-29(33(27)35)30-8-4-6-28(34(30)36)26-13-18-43-32(19-26)41-31(42-43)21-38-15-17-40-23(2)45/h3-13,18-19,37-38H,14-17,20-21H2,1-2H3,(H,39,44)(H,40,45). The molecule has 11 heteroatoms. The highest BCUT2D eigenvalue weighted by molar-refractivity contribution is 6.39. The molecule has 2 aromatic heterocycles. The van der Waals surface area contributed by atoms with Gasteiger partial charge >= 0.3 is 0 Å². The molecule has 5 rings (SSSR count). The first-order chi connectivity index (χ1) is 21.8. The van der Waals surface area contributed by atoms with Crippen molar-refractivity contribution in [3.05, 3.63) is 100 Å². The lowest BCUT2D eigenvalue weighted by Gasteiger charge is -2.14. The average Bonchev–Trinajstić information content (AvgIpc) is 3.43. The number of nitrogens with one attached hydrogen (secondary N) is 4. The molecule has 0 aliphatic heterocycles. The molecule has 0 unspecified atom stereocenters. The van der Waals surface area contributed by atoms with Crippen molar-refractivity contribution in [1.29, 1.82) is 0 Å². The second-order valence-corrected chi connectivity index (χ2v) is 11.4. The number of fused-ring (bicyclic) bond motifs is 1. The first-order valence-electron chi connectivity index (χ1n) is 14.7. The van der Waals surface area contributed by atoms with E-state index in [0.29, 0.717) is 60.8 Å². The minimum Gasteiger partial charge on any atom is -0.355 e. The van der Waals surface area contributed by atoms with Gasteiger partial charge in [0, 0.05) is 75.0 Å². The Morgan fingerprint density at radius 2 is 1.24 bits per heavy atom. The van der Waals surface area contributed by atoms with Crippen LogP contribution in [0.1, 0.15) is 25.2 Å². The molecule has 0 aliphatic carbocycles. The molecule has 3 aromatic carbocycles. The molecular weight excluding hydrogens is 609 g/mol. The maximum atomic E-state index is 11.0. The lowest BCUT2D eigenvalue weighted by molar-refractivity contribution is -0.119. The third kappa shape index (κ3) is 8.26. The van der Waals surface area contributed by atoms with Crippen LogP contribution in [0.15, 0.2) is 79.0 Å². The Bertz CT molecular complexity index is 1800. The van der Waals surface area contributed by atoms with Crippen LogP contribution in [0.4, 0.5) is 0 Å². The van der Waals surface area contributed by atoms with Crippen LogP contribution >= 0.6 is 23.2 Å². The molecule has 0 fully saturated rings.